The van der Waals surface area contributed by atoms with Crippen molar-refractivity contribution < 1.29 is 14.2 Å². The summed E-state index contributed by atoms with van der Waals surface area (Å²) in [6.07, 6.45) is 5.92. The van der Waals surface area contributed by atoms with Crippen molar-refractivity contribution >= 4 is 0 Å². The maximum Gasteiger partial charge on any atom is 0.0814 e. The van der Waals surface area contributed by atoms with Crippen molar-refractivity contribution in [3.05, 3.63) is 0 Å². The van der Waals surface area contributed by atoms with Crippen LogP contribution in [-0.4, -0.2) is 50.2 Å². The Morgan fingerprint density at radius 1 is 1.05 bits per heavy atom. The fourth-order valence-electron chi connectivity index (χ4n) is 3.31. The van der Waals surface area contributed by atoms with Crippen molar-refractivity contribution in [3.63, 3.8) is 0 Å². The van der Waals surface area contributed by atoms with Crippen molar-refractivity contribution in [2.24, 2.45) is 5.92 Å². The molecule has 0 radical (unpaired) electrons. The summed E-state index contributed by atoms with van der Waals surface area (Å²) in [5.41, 5.74) is 0. The number of nitrogens with one attached hydrogen (secondary N) is 1. The Morgan fingerprint density at radius 3 is 2.38 bits per heavy atom. The minimum absolute atomic E-state index is 0.282. The Morgan fingerprint density at radius 2 is 1.71 bits per heavy atom. The van der Waals surface area contributed by atoms with Crippen LogP contribution in [0.15, 0.2) is 0 Å². The van der Waals surface area contributed by atoms with Crippen molar-refractivity contribution in [1.29, 1.82) is 0 Å². The van der Waals surface area contributed by atoms with Crippen molar-refractivity contribution in [2.45, 2.75) is 83.9 Å². The minimum Gasteiger partial charge on any atom is -0.375 e. The molecule has 0 amide bonds. The molecule has 1 N–H and O–H groups in total. The molecule has 124 valence electrons. The smallest absolute Gasteiger partial charge is 0.0814 e. The first-order valence-electron chi connectivity index (χ1n) is 8.66. The molecule has 4 unspecified atom stereocenters. The highest BCUT2D eigenvalue weighted by Gasteiger charge is 2.29. The molecule has 0 aliphatic carbocycles. The molecule has 2 aliphatic rings. The van der Waals surface area contributed by atoms with Crippen LogP contribution in [-0.2, 0) is 14.2 Å². The normalized spacial score (nSPS) is 37.3. The number of hydrogen-bond acceptors (Lipinski definition) is 4. The van der Waals surface area contributed by atoms with Gasteiger partial charge in [0.05, 0.1) is 37.1 Å². The van der Waals surface area contributed by atoms with E-state index in [2.05, 4.69) is 33.0 Å². The molecule has 2 saturated heterocycles. The third-order valence-electron chi connectivity index (χ3n) is 4.29. The molecule has 2 aliphatic heterocycles. The summed E-state index contributed by atoms with van der Waals surface area (Å²) in [6, 6.07) is 0. The highest BCUT2D eigenvalue weighted by Crippen LogP contribution is 2.24. The third-order valence-corrected chi connectivity index (χ3v) is 4.29. The van der Waals surface area contributed by atoms with Gasteiger partial charge in [-0.3, -0.25) is 0 Å². The summed E-state index contributed by atoms with van der Waals surface area (Å²) in [5, 5.41) is 3.48. The van der Waals surface area contributed by atoms with Crippen LogP contribution in [0.25, 0.3) is 0 Å². The maximum absolute atomic E-state index is 6.07. The molecule has 0 saturated carbocycles. The van der Waals surface area contributed by atoms with Gasteiger partial charge >= 0.3 is 0 Å². The SMILES string of the molecule is CC(C)CNCC1CCC(COC2CC(C)OC(C)C2)O1. The molecular weight excluding hydrogens is 266 g/mol. The van der Waals surface area contributed by atoms with Crippen LogP contribution in [0.2, 0.25) is 0 Å². The van der Waals surface area contributed by atoms with Gasteiger partial charge in [-0.05, 0) is 52.0 Å². The summed E-state index contributed by atoms with van der Waals surface area (Å²) in [6.45, 7) is 11.5. The molecule has 0 aromatic carbocycles. The fourth-order valence-corrected chi connectivity index (χ4v) is 3.31. The molecule has 2 heterocycles. The predicted molar refractivity (Wildman–Crippen MR) is 84.6 cm³/mol. The predicted octanol–water partition coefficient (Wildman–Crippen LogP) is 2.75. The molecule has 21 heavy (non-hydrogen) atoms. The topological polar surface area (TPSA) is 39.7 Å². The summed E-state index contributed by atoms with van der Waals surface area (Å²) in [5.74, 6) is 0.697. The van der Waals surface area contributed by atoms with E-state index in [1.807, 2.05) is 0 Å². The van der Waals surface area contributed by atoms with Crippen LogP contribution in [0.5, 0.6) is 0 Å². The quantitative estimate of drug-likeness (QED) is 0.784. The zero-order chi connectivity index (χ0) is 15.2. The van der Waals surface area contributed by atoms with Crippen molar-refractivity contribution in [2.75, 3.05) is 19.7 Å². The monoisotopic (exact) mass is 299 g/mol. The van der Waals surface area contributed by atoms with E-state index in [1.165, 1.54) is 0 Å². The number of hydrogen-bond donors (Lipinski definition) is 1. The summed E-state index contributed by atoms with van der Waals surface area (Å²) in [7, 11) is 0. The van der Waals surface area contributed by atoms with Crippen molar-refractivity contribution in [1.82, 2.24) is 5.32 Å². The molecule has 2 rings (SSSR count). The van der Waals surface area contributed by atoms with Gasteiger partial charge in [0, 0.05) is 6.54 Å². The van der Waals surface area contributed by atoms with Crippen LogP contribution < -0.4 is 5.32 Å². The van der Waals surface area contributed by atoms with Crippen molar-refractivity contribution in [3.8, 4) is 0 Å². The molecule has 4 nitrogen and oxygen atoms in total. The largest absolute Gasteiger partial charge is 0.375 e. The van der Waals surface area contributed by atoms with Crippen LogP contribution in [0.1, 0.15) is 53.4 Å². The average Bonchev–Trinajstić information content (AvgIpc) is 2.83. The van der Waals surface area contributed by atoms with E-state index in [0.717, 1.165) is 45.4 Å². The zero-order valence-corrected chi connectivity index (χ0v) is 14.1. The molecule has 4 atom stereocenters. The highest BCUT2D eigenvalue weighted by atomic mass is 16.6. The second kappa shape index (κ2) is 8.47. The Kier molecular flexibility index (Phi) is 6.93. The lowest BCUT2D eigenvalue weighted by molar-refractivity contribution is -0.118. The van der Waals surface area contributed by atoms with Gasteiger partial charge in [0.1, 0.15) is 0 Å². The number of rotatable bonds is 7. The van der Waals surface area contributed by atoms with Crippen LogP contribution >= 0.6 is 0 Å². The molecule has 0 aromatic rings. The lowest BCUT2D eigenvalue weighted by Gasteiger charge is -2.32. The zero-order valence-electron chi connectivity index (χ0n) is 14.1. The Balaban J connectivity index is 1.59. The van der Waals surface area contributed by atoms with Gasteiger partial charge in [0.2, 0.25) is 0 Å². The van der Waals surface area contributed by atoms with E-state index >= 15 is 0 Å². The molecule has 4 heteroatoms. The molecule has 2 fully saturated rings. The summed E-state index contributed by atoms with van der Waals surface area (Å²) in [4.78, 5) is 0. The van der Waals surface area contributed by atoms with Gasteiger partial charge in [-0.25, -0.2) is 0 Å². The number of ether oxygens (including phenoxy) is 3. The minimum atomic E-state index is 0.282. The maximum atomic E-state index is 6.07. The van der Waals surface area contributed by atoms with Gasteiger partial charge < -0.3 is 19.5 Å². The second-order valence-corrected chi connectivity index (χ2v) is 7.19. The molecule has 0 spiro atoms. The van der Waals surface area contributed by atoms with E-state index in [4.69, 9.17) is 14.2 Å². The first-order valence-corrected chi connectivity index (χ1v) is 8.66. The molecule has 0 bridgehead atoms. The van der Waals surface area contributed by atoms with E-state index < -0.39 is 0 Å². The first-order chi connectivity index (χ1) is 10.0. The Bertz CT molecular complexity index is 288. The van der Waals surface area contributed by atoms with E-state index in [9.17, 15) is 0 Å². The first kappa shape index (κ1) is 17.2. The van der Waals surface area contributed by atoms with Gasteiger partial charge in [0.25, 0.3) is 0 Å². The van der Waals surface area contributed by atoms with Gasteiger partial charge in [0.15, 0.2) is 0 Å². The van der Waals surface area contributed by atoms with Gasteiger partial charge in [-0.15, -0.1) is 0 Å². The fraction of sp³-hybridized carbons (Fsp3) is 1.00. The summed E-state index contributed by atoms with van der Waals surface area (Å²) >= 11 is 0. The lowest BCUT2D eigenvalue weighted by atomic mass is 10.0. The molecule has 0 aromatic heterocycles. The highest BCUT2D eigenvalue weighted by molar-refractivity contribution is 4.78. The van der Waals surface area contributed by atoms with Crippen LogP contribution in [0.3, 0.4) is 0 Å². The van der Waals surface area contributed by atoms with E-state index in [-0.39, 0.29) is 6.10 Å². The lowest BCUT2D eigenvalue weighted by Crippen LogP contribution is -2.36. The van der Waals surface area contributed by atoms with Gasteiger partial charge in [-0.2, -0.15) is 0 Å². The average molecular weight is 299 g/mol. The van der Waals surface area contributed by atoms with Crippen LogP contribution in [0.4, 0.5) is 0 Å². The standard InChI is InChI=1S/C17H33NO3/c1-12(2)9-18-10-15-5-6-16(21-15)11-19-17-7-13(3)20-14(4)8-17/h12-18H,5-11H2,1-4H3. The third kappa shape index (κ3) is 6.23. The van der Waals surface area contributed by atoms with Gasteiger partial charge in [-0.1, -0.05) is 13.8 Å². The Labute approximate surface area is 129 Å². The summed E-state index contributed by atoms with van der Waals surface area (Å²) < 4.78 is 17.9. The van der Waals surface area contributed by atoms with Crippen LogP contribution in [0, 0.1) is 5.92 Å². The molecular formula is C17H33NO3. The second-order valence-electron chi connectivity index (χ2n) is 7.19. The van der Waals surface area contributed by atoms with E-state index in [0.29, 0.717) is 30.3 Å². The van der Waals surface area contributed by atoms with E-state index in [1.54, 1.807) is 0 Å². The Hall–Kier alpha value is -0.160.